The van der Waals surface area contributed by atoms with Crippen molar-refractivity contribution in [2.75, 3.05) is 26.6 Å². The normalized spacial score (nSPS) is 13.5. The van der Waals surface area contributed by atoms with E-state index in [0.29, 0.717) is 34.3 Å². The van der Waals surface area contributed by atoms with Gasteiger partial charge in [-0.1, -0.05) is 29.8 Å². The zero-order chi connectivity index (χ0) is 23.5. The Morgan fingerprint density at radius 1 is 0.909 bits per heavy atom. The average Bonchev–Trinajstić information content (AvgIpc) is 3.42. The van der Waals surface area contributed by atoms with Crippen LogP contribution in [0.5, 0.6) is 17.2 Å². The number of nitrogens with zero attached hydrogens (tertiary/aromatic N) is 1. The lowest BCUT2D eigenvalue weighted by atomic mass is 10.0. The van der Waals surface area contributed by atoms with Crippen molar-refractivity contribution >= 4 is 23.1 Å². The maximum atomic E-state index is 13.4. The standard InChI is InChI=1S/C25H24N2O6/c1-15-7-9-16(10-8-15)21-22(25(29)27(24(21)28)14-18-6-5-11-33-18)26-17-12-19(30-2)23(32-4)20(13-17)31-3/h5-13,26H,14H2,1-4H3. The summed E-state index contributed by atoms with van der Waals surface area (Å²) in [6.45, 7) is 1.98. The van der Waals surface area contributed by atoms with Crippen LogP contribution >= 0.6 is 0 Å². The summed E-state index contributed by atoms with van der Waals surface area (Å²) < 4.78 is 21.5. The second-order valence-electron chi connectivity index (χ2n) is 7.43. The number of methoxy groups -OCH3 is 3. The number of carbonyl (C=O) groups is 2. The van der Waals surface area contributed by atoms with Crippen LogP contribution in [-0.2, 0) is 16.1 Å². The van der Waals surface area contributed by atoms with Gasteiger partial charge in [0, 0.05) is 17.8 Å². The van der Waals surface area contributed by atoms with Gasteiger partial charge in [-0.3, -0.25) is 14.5 Å². The molecule has 33 heavy (non-hydrogen) atoms. The fraction of sp³-hybridized carbons (Fsp3) is 0.200. The third-order valence-electron chi connectivity index (χ3n) is 5.34. The highest BCUT2D eigenvalue weighted by molar-refractivity contribution is 6.36. The van der Waals surface area contributed by atoms with Crippen LogP contribution in [0.25, 0.3) is 5.57 Å². The van der Waals surface area contributed by atoms with Gasteiger partial charge in [0.1, 0.15) is 11.5 Å². The SMILES string of the molecule is COc1cc(NC2=C(c3ccc(C)cc3)C(=O)N(Cc3ccco3)C2=O)cc(OC)c1OC. The van der Waals surface area contributed by atoms with Crippen LogP contribution in [-0.4, -0.2) is 38.0 Å². The number of aryl methyl sites for hydroxylation is 1. The first-order valence-electron chi connectivity index (χ1n) is 10.2. The summed E-state index contributed by atoms with van der Waals surface area (Å²) in [6, 6.07) is 14.2. The molecule has 2 amide bonds. The van der Waals surface area contributed by atoms with E-state index in [1.165, 1.54) is 27.6 Å². The molecule has 0 fully saturated rings. The quantitative estimate of drug-likeness (QED) is 0.521. The molecule has 2 heterocycles. The van der Waals surface area contributed by atoms with Crippen molar-refractivity contribution in [2.24, 2.45) is 0 Å². The van der Waals surface area contributed by atoms with Crippen LogP contribution in [0.3, 0.4) is 0 Å². The molecule has 1 aliphatic rings. The Morgan fingerprint density at radius 2 is 1.58 bits per heavy atom. The maximum absolute atomic E-state index is 13.4. The molecule has 8 heteroatoms. The number of anilines is 1. The van der Waals surface area contributed by atoms with Gasteiger partial charge in [-0.05, 0) is 24.6 Å². The number of rotatable bonds is 8. The molecule has 0 radical (unpaired) electrons. The lowest BCUT2D eigenvalue weighted by Gasteiger charge is -2.16. The minimum atomic E-state index is -0.458. The molecule has 4 rings (SSSR count). The first-order valence-corrected chi connectivity index (χ1v) is 10.2. The fourth-order valence-electron chi connectivity index (χ4n) is 3.68. The van der Waals surface area contributed by atoms with Crippen molar-refractivity contribution in [3.05, 3.63) is 77.4 Å². The lowest BCUT2D eigenvalue weighted by Crippen LogP contribution is -2.31. The van der Waals surface area contributed by atoms with Gasteiger partial charge < -0.3 is 23.9 Å². The molecule has 0 spiro atoms. The number of benzene rings is 2. The molecule has 0 atom stereocenters. The van der Waals surface area contributed by atoms with Gasteiger partial charge in [0.15, 0.2) is 11.5 Å². The van der Waals surface area contributed by atoms with Gasteiger partial charge >= 0.3 is 0 Å². The van der Waals surface area contributed by atoms with Crippen molar-refractivity contribution in [3.8, 4) is 17.2 Å². The molecule has 1 N–H and O–H groups in total. The predicted octanol–water partition coefficient (Wildman–Crippen LogP) is 4.01. The molecule has 3 aromatic rings. The molecule has 0 saturated heterocycles. The molecule has 0 unspecified atom stereocenters. The Kier molecular flexibility index (Phi) is 6.08. The summed E-state index contributed by atoms with van der Waals surface area (Å²) in [7, 11) is 4.53. The largest absolute Gasteiger partial charge is 0.493 e. The number of furan rings is 1. The molecule has 0 bridgehead atoms. The van der Waals surface area contributed by atoms with Crippen molar-refractivity contribution in [3.63, 3.8) is 0 Å². The number of hydrogen-bond donors (Lipinski definition) is 1. The molecule has 0 aliphatic carbocycles. The number of imide groups is 1. The Hall–Kier alpha value is -4.20. The predicted molar refractivity (Wildman–Crippen MR) is 122 cm³/mol. The van der Waals surface area contributed by atoms with E-state index in [1.54, 1.807) is 24.3 Å². The third kappa shape index (κ3) is 4.15. The van der Waals surface area contributed by atoms with Crippen LogP contribution in [0.4, 0.5) is 5.69 Å². The van der Waals surface area contributed by atoms with Crippen LogP contribution in [0.1, 0.15) is 16.9 Å². The van der Waals surface area contributed by atoms with E-state index in [-0.39, 0.29) is 17.8 Å². The van der Waals surface area contributed by atoms with E-state index >= 15 is 0 Å². The van der Waals surface area contributed by atoms with Crippen LogP contribution in [0.15, 0.2) is 64.9 Å². The van der Waals surface area contributed by atoms with Gasteiger partial charge in [-0.25, -0.2) is 0 Å². The zero-order valence-corrected chi connectivity index (χ0v) is 18.8. The highest BCUT2D eigenvalue weighted by atomic mass is 16.5. The summed E-state index contributed by atoms with van der Waals surface area (Å²) in [6.07, 6.45) is 1.50. The Balaban J connectivity index is 1.78. The number of carbonyl (C=O) groups excluding carboxylic acids is 2. The highest BCUT2D eigenvalue weighted by Gasteiger charge is 2.39. The van der Waals surface area contributed by atoms with Crippen LogP contribution in [0, 0.1) is 6.92 Å². The van der Waals surface area contributed by atoms with Gasteiger partial charge in [-0.15, -0.1) is 0 Å². The number of amides is 2. The monoisotopic (exact) mass is 448 g/mol. The van der Waals surface area contributed by atoms with Crippen LogP contribution in [0.2, 0.25) is 0 Å². The summed E-state index contributed by atoms with van der Waals surface area (Å²) in [5.74, 6) is 0.901. The summed E-state index contributed by atoms with van der Waals surface area (Å²) in [5.41, 5.74) is 2.62. The first kappa shape index (κ1) is 22.0. The minimum absolute atomic E-state index is 0.0282. The van der Waals surface area contributed by atoms with Crippen molar-refractivity contribution in [1.29, 1.82) is 0 Å². The van der Waals surface area contributed by atoms with E-state index < -0.39 is 11.8 Å². The minimum Gasteiger partial charge on any atom is -0.493 e. The van der Waals surface area contributed by atoms with Gasteiger partial charge in [0.25, 0.3) is 11.8 Å². The fourth-order valence-corrected chi connectivity index (χ4v) is 3.68. The number of hydrogen-bond acceptors (Lipinski definition) is 7. The van der Waals surface area contributed by atoms with E-state index in [1.807, 2.05) is 31.2 Å². The summed E-state index contributed by atoms with van der Waals surface area (Å²) >= 11 is 0. The second-order valence-corrected chi connectivity index (χ2v) is 7.43. The first-order chi connectivity index (χ1) is 16.0. The molecule has 8 nitrogen and oxygen atoms in total. The van der Waals surface area contributed by atoms with E-state index in [2.05, 4.69) is 5.32 Å². The smallest absolute Gasteiger partial charge is 0.278 e. The van der Waals surface area contributed by atoms with Crippen LogP contribution < -0.4 is 19.5 Å². The Morgan fingerprint density at radius 3 is 2.12 bits per heavy atom. The molecule has 1 aliphatic heterocycles. The molecular weight excluding hydrogens is 424 g/mol. The Labute approximate surface area is 191 Å². The second kappa shape index (κ2) is 9.12. The van der Waals surface area contributed by atoms with Crippen molar-refractivity contribution < 1.29 is 28.2 Å². The van der Waals surface area contributed by atoms with Crippen molar-refractivity contribution in [2.45, 2.75) is 13.5 Å². The average molecular weight is 448 g/mol. The van der Waals surface area contributed by atoms with Gasteiger partial charge in [-0.2, -0.15) is 0 Å². The lowest BCUT2D eigenvalue weighted by molar-refractivity contribution is -0.137. The Bertz CT molecular complexity index is 1190. The molecule has 0 saturated carbocycles. The van der Waals surface area contributed by atoms with E-state index in [9.17, 15) is 9.59 Å². The number of nitrogens with one attached hydrogen (secondary N) is 1. The topological polar surface area (TPSA) is 90.2 Å². The molecule has 170 valence electrons. The number of ether oxygens (including phenoxy) is 3. The maximum Gasteiger partial charge on any atom is 0.278 e. The highest BCUT2D eigenvalue weighted by Crippen LogP contribution is 2.41. The van der Waals surface area contributed by atoms with Gasteiger partial charge in [0.2, 0.25) is 5.75 Å². The van der Waals surface area contributed by atoms with E-state index in [4.69, 9.17) is 18.6 Å². The summed E-state index contributed by atoms with van der Waals surface area (Å²) in [5, 5.41) is 3.12. The van der Waals surface area contributed by atoms with Gasteiger partial charge in [0.05, 0.1) is 39.7 Å². The van der Waals surface area contributed by atoms with Crippen molar-refractivity contribution in [1.82, 2.24) is 4.90 Å². The molecule has 1 aromatic heterocycles. The van der Waals surface area contributed by atoms with E-state index in [0.717, 1.165) is 10.5 Å². The summed E-state index contributed by atoms with van der Waals surface area (Å²) in [4.78, 5) is 27.9. The molecular formula is C25H24N2O6. The third-order valence-corrected chi connectivity index (χ3v) is 5.34. The molecule has 2 aromatic carbocycles. The zero-order valence-electron chi connectivity index (χ0n) is 18.8.